The second kappa shape index (κ2) is 56.4. The number of rotatable bonds is 59. The molecule has 3 amide bonds. The number of amides is 3. The van der Waals surface area contributed by atoms with Crippen LogP contribution >= 0.6 is 0 Å². The zero-order valence-corrected chi connectivity index (χ0v) is 73.5. The molecule has 127 heavy (non-hydrogen) atoms. The number of Topliss-reactive ketones (excluding diaryl/α,β-unsaturated/α-hetero) is 1. The van der Waals surface area contributed by atoms with Crippen LogP contribution in [0, 0.1) is 5.92 Å². The van der Waals surface area contributed by atoms with Crippen molar-refractivity contribution < 1.29 is 193 Å². The predicted molar refractivity (Wildman–Crippen MR) is 441 cm³/mol. The normalized spacial score (nSPS) is 35.2. The quantitative estimate of drug-likeness (QED) is 0.0213. The number of ether oxygens (including phenoxy) is 12. The minimum Gasteiger partial charge on any atom is -0.477 e. The lowest BCUT2D eigenvalue weighted by molar-refractivity contribution is -0.408. The van der Waals surface area contributed by atoms with Crippen LogP contribution in [-0.4, -0.2) is 390 Å². The fourth-order valence-corrected chi connectivity index (χ4v) is 16.9. The van der Waals surface area contributed by atoms with Crippen molar-refractivity contribution in [3.8, 4) is 0 Å². The number of hydrogen-bond acceptors (Lipinski definition) is 37. The minimum atomic E-state index is -3.49. The highest BCUT2D eigenvalue weighted by Gasteiger charge is 2.64. The van der Waals surface area contributed by atoms with Gasteiger partial charge in [-0.3, -0.25) is 14.4 Å². The van der Waals surface area contributed by atoms with Crippen molar-refractivity contribution in [3.63, 3.8) is 0 Å². The van der Waals surface area contributed by atoms with Crippen LogP contribution in [0.4, 0.5) is 0 Å². The van der Waals surface area contributed by atoms with Crippen molar-refractivity contribution in [2.75, 3.05) is 46.2 Å². The largest absolute Gasteiger partial charge is 0.477 e. The Morgan fingerprint density at radius 1 is 0.433 bits per heavy atom. The third-order valence-corrected chi connectivity index (χ3v) is 24.0. The van der Waals surface area contributed by atoms with Gasteiger partial charge in [0.25, 0.3) is 11.6 Å². The number of carbonyl (C=O) groups is 6. The summed E-state index contributed by atoms with van der Waals surface area (Å²) in [5, 5.41) is 245. The van der Waals surface area contributed by atoms with Gasteiger partial charge in [0.2, 0.25) is 17.7 Å². The number of aliphatic hydroxyl groups is 19. The highest BCUT2D eigenvalue weighted by atomic mass is 16.8. The molecule has 0 radical (unpaired) electrons. The summed E-state index contributed by atoms with van der Waals surface area (Å²) in [5.41, 5.74) is 0. The standard InChI is InChI=1S/C85H147N3O39/c1-6-8-10-12-14-16-18-20-21-23-25-27-29-31-33-35-60(103)88-50(51(98)34-32-30-28-26-24-22-19-17-15-13-11-9-7-2)45-116-79-68(109)67(108)72(58(43-93)119-79)122-81-70(111)77(127-85(83(114)115)38-53(100)62(87-48(5)97)75(125-85)64(105)55(102)40-90)73(59(44-94)120-81)123-78-49(36-46(3)95)71(65(106)56(41-91)117-78)121-80-69(110)76(66(107)57(42-92)118-80)126-84(82(112)113)37-52(99)61(86-47(4)96)74(124-84)63(104)54(101)39-89/h16,18,32,34,49-59,61-81,89-94,98-102,104-111H,6-15,17,19-31,33,35-45H2,1-5H3,(H,86,96)(H,87,97)(H,88,103)(H,112,113)(H,114,115)/t49-,50+,51-,52+,53+,54-,55-,56-,57-,58-,59-,61-,62-,63-,64-,65+,66+,67-,68-,69-,70-,71-,72-,73+,74?,75?,76+,77-,78+,79-,80+,81+,84+,85+/m1/s1. The zero-order valence-electron chi connectivity index (χ0n) is 73.5. The number of ketones is 1. The van der Waals surface area contributed by atoms with Crippen LogP contribution in [0.25, 0.3) is 0 Å². The van der Waals surface area contributed by atoms with Crippen LogP contribution in [0.2, 0.25) is 0 Å². The number of carboxylic acid groups (broad SMARTS) is 2. The fourth-order valence-electron chi connectivity index (χ4n) is 16.9. The van der Waals surface area contributed by atoms with Crippen LogP contribution in [0.5, 0.6) is 0 Å². The number of carboxylic acids is 2. The molecule has 0 spiro atoms. The average Bonchev–Trinajstić information content (AvgIpc) is 0.752. The van der Waals surface area contributed by atoms with Crippen LogP contribution in [-0.2, 0) is 85.6 Å². The summed E-state index contributed by atoms with van der Waals surface area (Å²) in [6.07, 6.45) is -31.2. The molecule has 6 saturated heterocycles. The first kappa shape index (κ1) is 111. The van der Waals surface area contributed by atoms with Gasteiger partial charge in [-0.25, -0.2) is 9.59 Å². The maximum absolute atomic E-state index is 14.1. The number of aliphatic carboxylic acids is 2. The Hall–Kier alpha value is -4.74. The SMILES string of the molecule is CCCCCCC=CCCCCCCCCCC(=O)N[C@@H](CO[C@@H]1O[C@H](CO)[C@@H](O[C@@H]2O[C@H](CO)[C@H](O[C@@H]3O[C@H](CO)[C@H](O)[C@H](O[C@@H]4O[C@H](CO)[C@H](O)[C@H](O[C@]5(C(=O)O)C[C@H](O)[C@@H](NC(C)=O)C([C@H](O)[C@H](O)CO)O5)[C@H]4O)[C@H]3CC(C)=O)[C@H](O[C@]3(C(=O)O)C[C@H](O)[C@@H](NC(C)=O)C([C@H](O)[C@H](O)CO)O3)[C@H]2O)[C@H](O)[C@H]1O)[C@H](O)C=CCCCCCCCCCCCCC. The summed E-state index contributed by atoms with van der Waals surface area (Å²) in [7, 11) is 0. The van der Waals surface area contributed by atoms with Crippen molar-refractivity contribution in [3.05, 3.63) is 24.3 Å². The molecule has 2 unspecified atom stereocenters. The molecule has 6 fully saturated rings. The number of unbranched alkanes of at least 4 members (excludes halogenated alkanes) is 22. The number of aliphatic hydroxyl groups excluding tert-OH is 19. The Morgan fingerprint density at radius 3 is 1.27 bits per heavy atom. The smallest absolute Gasteiger partial charge is 0.364 e. The Kier molecular flexibility index (Phi) is 49.3. The monoisotopic (exact) mass is 1830 g/mol. The molecular weight excluding hydrogens is 1690 g/mol. The van der Waals surface area contributed by atoms with Gasteiger partial charge in [0.05, 0.1) is 88.8 Å². The zero-order chi connectivity index (χ0) is 93.8. The van der Waals surface area contributed by atoms with E-state index in [1.807, 2.05) is 0 Å². The summed E-state index contributed by atoms with van der Waals surface area (Å²) in [6.45, 7) is -0.664. The molecule has 0 aromatic carbocycles. The highest BCUT2D eigenvalue weighted by Crippen LogP contribution is 2.44. The van der Waals surface area contributed by atoms with Crippen LogP contribution < -0.4 is 16.0 Å². The molecule has 736 valence electrons. The van der Waals surface area contributed by atoms with E-state index in [0.717, 1.165) is 104 Å². The van der Waals surface area contributed by atoms with Crippen LogP contribution in [0.15, 0.2) is 24.3 Å². The van der Waals surface area contributed by atoms with Gasteiger partial charge in [0.1, 0.15) is 128 Å². The van der Waals surface area contributed by atoms with E-state index in [1.54, 1.807) is 6.08 Å². The summed E-state index contributed by atoms with van der Waals surface area (Å²) in [6, 6.07) is -4.78. The second-order valence-corrected chi connectivity index (χ2v) is 34.2. The Morgan fingerprint density at radius 2 is 0.819 bits per heavy atom. The summed E-state index contributed by atoms with van der Waals surface area (Å²) in [5.74, 6) is -16.1. The lowest BCUT2D eigenvalue weighted by atomic mass is 9.86. The van der Waals surface area contributed by atoms with E-state index < -0.39 is 308 Å². The summed E-state index contributed by atoms with van der Waals surface area (Å²) < 4.78 is 72.7. The predicted octanol–water partition coefficient (Wildman–Crippen LogP) is -3.00. The number of nitrogens with one attached hydrogen (secondary N) is 3. The average molecular weight is 1840 g/mol. The third kappa shape index (κ3) is 32.5. The van der Waals surface area contributed by atoms with Gasteiger partial charge in [-0.2, -0.15) is 0 Å². The van der Waals surface area contributed by atoms with Crippen LogP contribution in [0.3, 0.4) is 0 Å². The van der Waals surface area contributed by atoms with E-state index >= 15 is 0 Å². The van der Waals surface area contributed by atoms with Crippen molar-refractivity contribution >= 4 is 35.4 Å². The van der Waals surface area contributed by atoms with E-state index in [1.165, 1.54) is 70.3 Å². The molecule has 42 nitrogen and oxygen atoms in total. The van der Waals surface area contributed by atoms with E-state index in [-0.39, 0.29) is 6.42 Å². The number of allylic oxidation sites excluding steroid dienone is 3. The van der Waals surface area contributed by atoms with Crippen molar-refractivity contribution in [2.45, 2.75) is 422 Å². The van der Waals surface area contributed by atoms with Gasteiger partial charge >= 0.3 is 11.9 Å². The van der Waals surface area contributed by atoms with Crippen LogP contribution in [0.1, 0.15) is 221 Å². The Balaban J connectivity index is 1.30. The lowest BCUT2D eigenvalue weighted by Gasteiger charge is -2.53. The van der Waals surface area contributed by atoms with Crippen molar-refractivity contribution in [2.24, 2.45) is 5.92 Å². The molecule has 24 N–H and O–H groups in total. The van der Waals surface area contributed by atoms with E-state index in [4.69, 9.17) is 56.8 Å². The lowest BCUT2D eigenvalue weighted by Crippen LogP contribution is -2.71. The molecule has 0 saturated carbocycles. The molecule has 6 rings (SSSR count). The number of hydrogen-bond donors (Lipinski definition) is 24. The molecule has 34 atom stereocenters. The molecule has 0 aliphatic carbocycles. The highest BCUT2D eigenvalue weighted by molar-refractivity contribution is 5.78. The Labute approximate surface area is 740 Å². The van der Waals surface area contributed by atoms with Gasteiger partial charge in [-0.1, -0.05) is 154 Å². The second-order valence-electron chi connectivity index (χ2n) is 34.2. The van der Waals surface area contributed by atoms with Gasteiger partial charge in [0.15, 0.2) is 25.2 Å². The fraction of sp³-hybridized carbons (Fsp3) is 0.882. The molecule has 6 heterocycles. The first-order chi connectivity index (χ1) is 60.6. The maximum atomic E-state index is 14.1. The van der Waals surface area contributed by atoms with E-state index in [0.29, 0.717) is 12.8 Å². The molecule has 0 aromatic rings. The molecule has 0 bridgehead atoms. The first-order valence-electron chi connectivity index (χ1n) is 45.1. The van der Waals surface area contributed by atoms with Crippen molar-refractivity contribution in [1.29, 1.82) is 0 Å². The van der Waals surface area contributed by atoms with Gasteiger partial charge in [0, 0.05) is 45.4 Å². The molecule has 42 heteroatoms. The summed E-state index contributed by atoms with van der Waals surface area (Å²) >= 11 is 0. The molecule has 0 aromatic heterocycles. The minimum absolute atomic E-state index is 0.0888. The van der Waals surface area contributed by atoms with E-state index in [2.05, 4.69) is 41.9 Å². The number of carbonyl (C=O) groups excluding carboxylic acids is 4. The topological polar surface area (TPSA) is 674 Å². The molecule has 6 aliphatic rings. The van der Waals surface area contributed by atoms with Gasteiger partial charge in [-0.15, -0.1) is 0 Å². The van der Waals surface area contributed by atoms with Crippen molar-refractivity contribution in [1.82, 2.24) is 16.0 Å². The van der Waals surface area contributed by atoms with Gasteiger partial charge < -0.3 is 185 Å². The third-order valence-electron chi connectivity index (χ3n) is 24.0. The Bertz CT molecular complexity index is 3250. The van der Waals surface area contributed by atoms with E-state index in [9.17, 15) is 136 Å². The molecule has 6 aliphatic heterocycles. The summed E-state index contributed by atoms with van der Waals surface area (Å²) in [4.78, 5) is 79.7. The van der Waals surface area contributed by atoms with Gasteiger partial charge in [-0.05, 0) is 51.9 Å². The first-order valence-corrected chi connectivity index (χ1v) is 45.1. The maximum Gasteiger partial charge on any atom is 0.364 e. The molecular formula is C85H147N3O39.